The van der Waals surface area contributed by atoms with Gasteiger partial charge in [0.15, 0.2) is 11.5 Å². The molecule has 1 saturated heterocycles. The highest BCUT2D eigenvalue weighted by molar-refractivity contribution is 9.10. The minimum atomic E-state index is 0.0699. The Bertz CT molecular complexity index is 1140. The number of hydrogen-bond donors (Lipinski definition) is 0. The normalized spacial score (nSPS) is 15.5. The van der Waals surface area contributed by atoms with Crippen molar-refractivity contribution < 1.29 is 19.0 Å². The highest BCUT2D eigenvalue weighted by Gasteiger charge is 2.23. The van der Waals surface area contributed by atoms with Gasteiger partial charge in [0.1, 0.15) is 12.4 Å². The van der Waals surface area contributed by atoms with E-state index in [0.717, 1.165) is 46.9 Å². The molecular weight excluding hydrogens is 484 g/mol. The fourth-order valence-electron chi connectivity index (χ4n) is 4.11. The lowest BCUT2D eigenvalue weighted by atomic mass is 10.1. The lowest BCUT2D eigenvalue weighted by Gasteiger charge is -2.34. The van der Waals surface area contributed by atoms with E-state index in [9.17, 15) is 4.79 Å². The van der Waals surface area contributed by atoms with Crippen LogP contribution < -0.4 is 14.2 Å². The zero-order valence-electron chi connectivity index (χ0n) is 18.2. The maximum absolute atomic E-state index is 13.1. The molecule has 0 aromatic heterocycles. The third-order valence-electron chi connectivity index (χ3n) is 5.91. The summed E-state index contributed by atoms with van der Waals surface area (Å²) in [5.41, 5.74) is 2.86. The van der Waals surface area contributed by atoms with Gasteiger partial charge >= 0.3 is 0 Å². The summed E-state index contributed by atoms with van der Waals surface area (Å²) in [6.07, 6.45) is 0. The topological polar surface area (TPSA) is 51.2 Å². The van der Waals surface area contributed by atoms with Crippen molar-refractivity contribution >= 4 is 21.8 Å². The lowest BCUT2D eigenvalue weighted by molar-refractivity contribution is 0.0628. The average molecular weight is 509 g/mol. The van der Waals surface area contributed by atoms with Gasteiger partial charge in [0.05, 0.1) is 4.47 Å². The monoisotopic (exact) mass is 508 g/mol. The van der Waals surface area contributed by atoms with Crippen molar-refractivity contribution in [2.75, 3.05) is 33.0 Å². The number of amides is 1. The zero-order valence-corrected chi connectivity index (χ0v) is 19.8. The van der Waals surface area contributed by atoms with Gasteiger partial charge in [-0.2, -0.15) is 0 Å². The van der Waals surface area contributed by atoms with Crippen molar-refractivity contribution in [3.63, 3.8) is 0 Å². The molecule has 0 atom stereocenters. The average Bonchev–Trinajstić information content (AvgIpc) is 3.32. The van der Waals surface area contributed by atoms with Gasteiger partial charge < -0.3 is 19.1 Å². The SMILES string of the molecule is O=C(c1cccc(COc2ccccc2Br)c1)N1CCN(Cc2ccc3c(c2)OCO3)CC1. The first-order chi connectivity index (χ1) is 16.2. The maximum Gasteiger partial charge on any atom is 0.253 e. The van der Waals surface area contributed by atoms with E-state index in [1.54, 1.807) is 0 Å². The summed E-state index contributed by atoms with van der Waals surface area (Å²) in [7, 11) is 0. The number of fused-ring (bicyclic) bond motifs is 1. The summed E-state index contributed by atoms with van der Waals surface area (Å²) in [6.45, 7) is 4.63. The molecule has 0 saturated carbocycles. The van der Waals surface area contributed by atoms with Gasteiger partial charge in [0.25, 0.3) is 5.91 Å². The van der Waals surface area contributed by atoms with Crippen LogP contribution in [0.25, 0.3) is 0 Å². The summed E-state index contributed by atoms with van der Waals surface area (Å²) in [5.74, 6) is 2.47. The second kappa shape index (κ2) is 9.85. The Morgan fingerprint density at radius 1 is 0.879 bits per heavy atom. The Morgan fingerprint density at radius 3 is 2.55 bits per heavy atom. The number of carbonyl (C=O) groups is 1. The van der Waals surface area contributed by atoms with Crippen LogP contribution in [-0.4, -0.2) is 48.7 Å². The van der Waals surface area contributed by atoms with Gasteiger partial charge in [0, 0.05) is 38.3 Å². The Hall–Kier alpha value is -3.03. The summed E-state index contributed by atoms with van der Waals surface area (Å²) in [6, 6.07) is 21.5. The van der Waals surface area contributed by atoms with Crippen molar-refractivity contribution in [3.05, 3.63) is 87.9 Å². The van der Waals surface area contributed by atoms with E-state index in [1.807, 2.05) is 65.6 Å². The fraction of sp³-hybridized carbons (Fsp3) is 0.269. The first-order valence-electron chi connectivity index (χ1n) is 11.0. The molecule has 6 nitrogen and oxygen atoms in total. The molecule has 2 heterocycles. The molecule has 0 aliphatic carbocycles. The number of benzene rings is 3. The van der Waals surface area contributed by atoms with Crippen LogP contribution in [0.2, 0.25) is 0 Å². The van der Waals surface area contributed by atoms with Gasteiger partial charge in [-0.05, 0) is 63.5 Å². The number of para-hydroxylation sites is 1. The first kappa shape index (κ1) is 21.8. The minimum Gasteiger partial charge on any atom is -0.488 e. The molecule has 7 heteroatoms. The van der Waals surface area contributed by atoms with E-state index in [2.05, 4.69) is 26.9 Å². The van der Waals surface area contributed by atoms with E-state index >= 15 is 0 Å². The summed E-state index contributed by atoms with van der Waals surface area (Å²) >= 11 is 3.50. The van der Waals surface area contributed by atoms with E-state index in [4.69, 9.17) is 14.2 Å². The second-order valence-corrected chi connectivity index (χ2v) is 9.03. The largest absolute Gasteiger partial charge is 0.488 e. The number of hydrogen-bond acceptors (Lipinski definition) is 5. The van der Waals surface area contributed by atoms with Gasteiger partial charge in [-0.25, -0.2) is 0 Å². The molecule has 2 aliphatic heterocycles. The molecule has 0 unspecified atom stereocenters. The van der Waals surface area contributed by atoms with E-state index < -0.39 is 0 Å². The Balaban J connectivity index is 1.15. The quantitative estimate of drug-likeness (QED) is 0.482. The number of carbonyl (C=O) groups excluding carboxylic acids is 1. The smallest absolute Gasteiger partial charge is 0.253 e. The van der Waals surface area contributed by atoms with E-state index in [0.29, 0.717) is 25.3 Å². The molecule has 0 bridgehead atoms. The van der Waals surface area contributed by atoms with Crippen molar-refractivity contribution in [1.29, 1.82) is 0 Å². The molecule has 0 N–H and O–H groups in total. The summed E-state index contributed by atoms with van der Waals surface area (Å²) < 4.78 is 17.7. The van der Waals surface area contributed by atoms with Gasteiger partial charge in [-0.15, -0.1) is 0 Å². The van der Waals surface area contributed by atoms with Crippen molar-refractivity contribution in [1.82, 2.24) is 9.80 Å². The van der Waals surface area contributed by atoms with Gasteiger partial charge in [0.2, 0.25) is 6.79 Å². The van der Waals surface area contributed by atoms with E-state index in [1.165, 1.54) is 5.56 Å². The van der Waals surface area contributed by atoms with Crippen LogP contribution >= 0.6 is 15.9 Å². The number of rotatable bonds is 6. The molecule has 33 heavy (non-hydrogen) atoms. The Morgan fingerprint density at radius 2 is 1.70 bits per heavy atom. The molecule has 2 aliphatic rings. The van der Waals surface area contributed by atoms with Gasteiger partial charge in [-0.3, -0.25) is 9.69 Å². The first-order valence-corrected chi connectivity index (χ1v) is 11.8. The van der Waals surface area contributed by atoms with Crippen LogP contribution in [0, 0.1) is 0 Å². The number of ether oxygens (including phenoxy) is 3. The Kier molecular flexibility index (Phi) is 6.51. The van der Waals surface area contributed by atoms with Crippen molar-refractivity contribution in [3.8, 4) is 17.2 Å². The summed E-state index contributed by atoms with van der Waals surface area (Å²) in [5, 5.41) is 0. The molecule has 3 aromatic rings. The lowest BCUT2D eigenvalue weighted by Crippen LogP contribution is -2.48. The number of piperazine rings is 1. The second-order valence-electron chi connectivity index (χ2n) is 8.18. The number of nitrogens with zero attached hydrogens (tertiary/aromatic N) is 2. The van der Waals surface area contributed by atoms with Gasteiger partial charge in [-0.1, -0.05) is 30.3 Å². The maximum atomic E-state index is 13.1. The molecule has 3 aromatic carbocycles. The van der Waals surface area contributed by atoms with Crippen molar-refractivity contribution in [2.45, 2.75) is 13.2 Å². The minimum absolute atomic E-state index is 0.0699. The summed E-state index contributed by atoms with van der Waals surface area (Å²) in [4.78, 5) is 17.4. The molecule has 5 rings (SSSR count). The van der Waals surface area contributed by atoms with E-state index in [-0.39, 0.29) is 12.7 Å². The molecule has 1 fully saturated rings. The number of halogens is 1. The molecule has 0 spiro atoms. The zero-order chi connectivity index (χ0) is 22.6. The Labute approximate surface area is 201 Å². The van der Waals surface area contributed by atoms with Crippen LogP contribution in [0.1, 0.15) is 21.5 Å². The molecule has 170 valence electrons. The molecule has 1 amide bonds. The highest BCUT2D eigenvalue weighted by Crippen LogP contribution is 2.33. The predicted octanol–water partition coefficient (Wildman–Crippen LogP) is 4.71. The third-order valence-corrected chi connectivity index (χ3v) is 6.56. The van der Waals surface area contributed by atoms with Crippen LogP contribution in [0.3, 0.4) is 0 Å². The third kappa shape index (κ3) is 5.15. The predicted molar refractivity (Wildman–Crippen MR) is 129 cm³/mol. The standard InChI is InChI=1S/C26H25BrN2O4/c27-22-6-1-2-7-23(22)31-17-20-4-3-5-21(14-20)26(30)29-12-10-28(11-13-29)16-19-8-9-24-25(15-19)33-18-32-24/h1-9,14-15H,10-13,16-18H2. The van der Waals surface area contributed by atoms with Crippen molar-refractivity contribution in [2.24, 2.45) is 0 Å². The van der Waals surface area contributed by atoms with Crippen LogP contribution in [0.5, 0.6) is 17.2 Å². The molecule has 0 radical (unpaired) electrons. The highest BCUT2D eigenvalue weighted by atomic mass is 79.9. The van der Waals surface area contributed by atoms with Crippen LogP contribution in [0.15, 0.2) is 71.2 Å². The van der Waals surface area contributed by atoms with Crippen LogP contribution in [-0.2, 0) is 13.2 Å². The fourth-order valence-corrected chi connectivity index (χ4v) is 4.51. The van der Waals surface area contributed by atoms with Crippen LogP contribution in [0.4, 0.5) is 0 Å². The molecular formula is C26H25BrN2O4.